The van der Waals surface area contributed by atoms with Crippen molar-refractivity contribution in [3.8, 4) is 5.75 Å². The van der Waals surface area contributed by atoms with Crippen molar-refractivity contribution in [2.75, 3.05) is 44.7 Å². The second-order valence-electron chi connectivity index (χ2n) is 10.6. The third kappa shape index (κ3) is 6.77. The number of aliphatic carboxylic acids is 1. The van der Waals surface area contributed by atoms with Crippen LogP contribution in [0.15, 0.2) is 36.4 Å². The highest BCUT2D eigenvalue weighted by Crippen LogP contribution is 2.30. The van der Waals surface area contributed by atoms with Gasteiger partial charge < -0.3 is 24.8 Å². The van der Waals surface area contributed by atoms with E-state index in [0.717, 1.165) is 95.0 Å². The Hall–Kier alpha value is -2.64. The number of hydrogen-bond donors (Lipinski definition) is 2. The molecule has 2 saturated heterocycles. The number of fused-ring (bicyclic) bond motifs is 1. The van der Waals surface area contributed by atoms with Gasteiger partial charge in [-0.3, -0.25) is 4.79 Å². The van der Waals surface area contributed by atoms with Gasteiger partial charge in [0.15, 0.2) is 0 Å². The summed E-state index contributed by atoms with van der Waals surface area (Å²) in [5.74, 6) is 1.74. The third-order valence-electron chi connectivity index (χ3n) is 7.83. The van der Waals surface area contributed by atoms with Crippen LogP contribution in [0.1, 0.15) is 61.3 Å². The Bertz CT molecular complexity index is 1020. The molecule has 36 heavy (non-hydrogen) atoms. The smallest absolute Gasteiger partial charge is 0.304 e. The normalized spacial score (nSPS) is 21.5. The number of aromatic nitrogens is 1. The minimum atomic E-state index is -0.751. The molecule has 2 unspecified atom stereocenters. The highest BCUT2D eigenvalue weighted by Gasteiger charge is 2.27. The lowest BCUT2D eigenvalue weighted by Gasteiger charge is -2.25. The number of likely N-dealkylation sites (tertiary alicyclic amines) is 1. The molecule has 1 aromatic heterocycles. The number of nitrogens with one attached hydrogen (secondary N) is 1. The maximum Gasteiger partial charge on any atom is 0.304 e. The second-order valence-corrected chi connectivity index (χ2v) is 10.6. The summed E-state index contributed by atoms with van der Waals surface area (Å²) < 4.78 is 11.6. The van der Waals surface area contributed by atoms with E-state index in [1.807, 2.05) is 24.3 Å². The number of benzene rings is 1. The number of pyridine rings is 1. The molecule has 0 saturated carbocycles. The molecule has 7 nitrogen and oxygen atoms in total. The first-order valence-corrected chi connectivity index (χ1v) is 13.6. The van der Waals surface area contributed by atoms with Crippen molar-refractivity contribution in [2.45, 2.75) is 63.4 Å². The summed E-state index contributed by atoms with van der Waals surface area (Å²) in [5.41, 5.74) is 3.56. The minimum Gasteiger partial charge on any atom is -0.490 e. The van der Waals surface area contributed by atoms with E-state index in [1.54, 1.807) is 0 Å². The molecule has 2 aromatic rings. The third-order valence-corrected chi connectivity index (χ3v) is 7.83. The van der Waals surface area contributed by atoms with Crippen molar-refractivity contribution in [1.82, 2.24) is 9.88 Å². The topological polar surface area (TPSA) is 83.9 Å². The van der Waals surface area contributed by atoms with Crippen LogP contribution < -0.4 is 10.1 Å². The number of aryl methyl sites for hydroxylation is 2. The van der Waals surface area contributed by atoms with Crippen molar-refractivity contribution in [3.05, 3.63) is 53.2 Å². The van der Waals surface area contributed by atoms with Crippen molar-refractivity contribution in [2.24, 2.45) is 5.92 Å². The summed E-state index contributed by atoms with van der Waals surface area (Å²) in [4.78, 5) is 19.0. The highest BCUT2D eigenvalue weighted by atomic mass is 16.5. The SMILES string of the molecule is O=C(O)CC(CN1CCC(CCc2ccc3c(n2)NCCC3)C1)c1cccc(OC2CCOCC2)c1. The van der Waals surface area contributed by atoms with E-state index in [2.05, 4.69) is 22.3 Å². The van der Waals surface area contributed by atoms with E-state index in [4.69, 9.17) is 14.5 Å². The van der Waals surface area contributed by atoms with Crippen molar-refractivity contribution < 1.29 is 19.4 Å². The molecule has 194 valence electrons. The monoisotopic (exact) mass is 493 g/mol. The summed E-state index contributed by atoms with van der Waals surface area (Å²) in [7, 11) is 0. The zero-order valence-electron chi connectivity index (χ0n) is 21.2. The fourth-order valence-corrected chi connectivity index (χ4v) is 5.81. The van der Waals surface area contributed by atoms with Gasteiger partial charge in [-0.1, -0.05) is 18.2 Å². The molecule has 7 heteroatoms. The zero-order valence-corrected chi connectivity index (χ0v) is 21.2. The molecular weight excluding hydrogens is 454 g/mol. The van der Waals surface area contributed by atoms with Gasteiger partial charge >= 0.3 is 5.97 Å². The Morgan fingerprint density at radius 2 is 2.11 bits per heavy atom. The average molecular weight is 494 g/mol. The molecule has 4 heterocycles. The van der Waals surface area contributed by atoms with Crippen molar-refractivity contribution >= 4 is 11.8 Å². The fourth-order valence-electron chi connectivity index (χ4n) is 5.81. The molecule has 5 rings (SSSR count). The molecule has 0 aliphatic carbocycles. The molecule has 0 amide bonds. The summed E-state index contributed by atoms with van der Waals surface area (Å²) in [6.07, 6.45) is 7.69. The number of carboxylic acid groups (broad SMARTS) is 1. The highest BCUT2D eigenvalue weighted by molar-refractivity contribution is 5.68. The lowest BCUT2D eigenvalue weighted by molar-refractivity contribution is -0.137. The van der Waals surface area contributed by atoms with Gasteiger partial charge in [-0.25, -0.2) is 4.98 Å². The molecule has 2 fully saturated rings. The van der Waals surface area contributed by atoms with Crippen LogP contribution >= 0.6 is 0 Å². The Morgan fingerprint density at radius 3 is 2.97 bits per heavy atom. The van der Waals surface area contributed by atoms with E-state index < -0.39 is 5.97 Å². The maximum atomic E-state index is 11.7. The fraction of sp³-hybridized carbons (Fsp3) is 0.586. The predicted octanol–water partition coefficient (Wildman–Crippen LogP) is 4.51. The van der Waals surface area contributed by atoms with Gasteiger partial charge in [0, 0.05) is 44.1 Å². The van der Waals surface area contributed by atoms with E-state index >= 15 is 0 Å². The average Bonchev–Trinajstić information content (AvgIpc) is 3.35. The second kappa shape index (κ2) is 12.1. The predicted molar refractivity (Wildman–Crippen MR) is 140 cm³/mol. The molecule has 2 N–H and O–H groups in total. The molecule has 0 bridgehead atoms. The first kappa shape index (κ1) is 25.0. The van der Waals surface area contributed by atoms with Crippen LogP contribution in [0.25, 0.3) is 0 Å². The lowest BCUT2D eigenvalue weighted by Crippen LogP contribution is -2.28. The Balaban J connectivity index is 1.16. The number of carboxylic acids is 1. The molecule has 0 spiro atoms. The largest absolute Gasteiger partial charge is 0.490 e. The summed E-state index contributed by atoms with van der Waals surface area (Å²) >= 11 is 0. The molecule has 3 aliphatic rings. The van der Waals surface area contributed by atoms with Crippen LogP contribution in [0.4, 0.5) is 5.82 Å². The lowest BCUT2D eigenvalue weighted by atomic mass is 9.94. The first-order valence-electron chi connectivity index (χ1n) is 13.6. The van der Waals surface area contributed by atoms with Crippen LogP contribution in [0, 0.1) is 5.92 Å². The van der Waals surface area contributed by atoms with Crippen LogP contribution in [0.2, 0.25) is 0 Å². The number of anilines is 1. The molecule has 2 atom stereocenters. The number of hydrogen-bond acceptors (Lipinski definition) is 6. The minimum absolute atomic E-state index is 0.0483. The van der Waals surface area contributed by atoms with Gasteiger partial charge in [0.2, 0.25) is 0 Å². The van der Waals surface area contributed by atoms with Crippen LogP contribution in [-0.4, -0.2) is 66.5 Å². The number of carbonyl (C=O) groups is 1. The Labute approximate surface area is 214 Å². The molecule has 3 aliphatic heterocycles. The zero-order chi connectivity index (χ0) is 24.7. The number of ether oxygens (including phenoxy) is 2. The van der Waals surface area contributed by atoms with Gasteiger partial charge in [-0.05, 0) is 73.9 Å². The van der Waals surface area contributed by atoms with Crippen LogP contribution in [0.3, 0.4) is 0 Å². The molecule has 0 radical (unpaired) electrons. The van der Waals surface area contributed by atoms with Crippen LogP contribution in [-0.2, 0) is 22.4 Å². The molecular formula is C29H39N3O4. The van der Waals surface area contributed by atoms with Gasteiger partial charge in [0.1, 0.15) is 17.7 Å². The van der Waals surface area contributed by atoms with E-state index in [9.17, 15) is 9.90 Å². The summed E-state index contributed by atoms with van der Waals surface area (Å²) in [5, 5.41) is 13.1. The maximum absolute atomic E-state index is 11.7. The van der Waals surface area contributed by atoms with Gasteiger partial charge in [-0.2, -0.15) is 0 Å². The standard InChI is InChI=1S/C29H39N3O4/c33-28(34)18-24(23-3-1-5-27(17-23)36-26-11-15-35-16-12-26)20-32-14-10-21(19-32)6-8-25-9-7-22-4-2-13-30-29(22)31-25/h1,3,5,7,9,17,21,24,26H,2,4,6,8,10-16,18-20H2,(H,30,31)(H,33,34). The number of rotatable bonds is 10. The van der Waals surface area contributed by atoms with E-state index in [0.29, 0.717) is 5.92 Å². The quantitative estimate of drug-likeness (QED) is 0.504. The van der Waals surface area contributed by atoms with Gasteiger partial charge in [0.05, 0.1) is 19.6 Å². The molecule has 1 aromatic carbocycles. The Kier molecular flexibility index (Phi) is 8.39. The van der Waals surface area contributed by atoms with Crippen LogP contribution in [0.5, 0.6) is 5.75 Å². The van der Waals surface area contributed by atoms with Gasteiger partial charge in [0.25, 0.3) is 0 Å². The van der Waals surface area contributed by atoms with Gasteiger partial charge in [-0.15, -0.1) is 0 Å². The van der Waals surface area contributed by atoms with E-state index in [1.165, 1.54) is 17.7 Å². The summed E-state index contributed by atoms with van der Waals surface area (Å²) in [6, 6.07) is 12.5. The van der Waals surface area contributed by atoms with Crippen molar-refractivity contribution in [3.63, 3.8) is 0 Å². The van der Waals surface area contributed by atoms with E-state index in [-0.39, 0.29) is 18.4 Å². The first-order chi connectivity index (χ1) is 17.6. The Morgan fingerprint density at radius 1 is 1.22 bits per heavy atom. The number of nitrogens with zero attached hydrogens (tertiary/aromatic N) is 2. The summed E-state index contributed by atoms with van der Waals surface area (Å²) in [6.45, 7) is 5.31. The van der Waals surface area contributed by atoms with Crippen molar-refractivity contribution in [1.29, 1.82) is 0 Å².